The van der Waals surface area contributed by atoms with Crippen LogP contribution in [0.1, 0.15) is 21.7 Å². The number of anilines is 1. The Hall–Kier alpha value is -4.92. The smallest absolute Gasteiger partial charge is 0.325 e. The summed E-state index contributed by atoms with van der Waals surface area (Å²) in [4.78, 5) is 52.4. The molecule has 9 heteroatoms. The number of nitrogens with zero attached hydrogens (tertiary/aromatic N) is 4. The van der Waals surface area contributed by atoms with Gasteiger partial charge in [-0.2, -0.15) is 0 Å². The summed E-state index contributed by atoms with van der Waals surface area (Å²) < 4.78 is 1.45. The highest BCUT2D eigenvalue weighted by atomic mass is 16.4. The predicted octanol–water partition coefficient (Wildman–Crippen LogP) is 4.16. The van der Waals surface area contributed by atoms with Crippen LogP contribution >= 0.6 is 0 Å². The zero-order chi connectivity index (χ0) is 24.9. The van der Waals surface area contributed by atoms with Gasteiger partial charge in [-0.25, -0.2) is 9.99 Å². The highest BCUT2D eigenvalue weighted by Gasteiger charge is 2.13. The van der Waals surface area contributed by atoms with Gasteiger partial charge < -0.3 is 5.11 Å². The molecule has 0 saturated carbocycles. The Bertz CT molecular complexity index is 1510. The van der Waals surface area contributed by atoms with E-state index in [2.05, 4.69) is 10.3 Å². The van der Waals surface area contributed by atoms with Crippen LogP contribution in [0.2, 0.25) is 0 Å². The van der Waals surface area contributed by atoms with E-state index in [1.54, 1.807) is 24.3 Å². The van der Waals surface area contributed by atoms with E-state index in [4.69, 9.17) is 5.11 Å². The molecule has 0 bridgehead atoms. The Labute approximate surface area is 199 Å². The van der Waals surface area contributed by atoms with E-state index in [-0.39, 0.29) is 17.0 Å². The van der Waals surface area contributed by atoms with Gasteiger partial charge in [0.15, 0.2) is 5.78 Å². The number of carboxylic acid groups (broad SMARTS) is 1. The molecule has 0 fully saturated rings. The Kier molecular flexibility index (Phi) is 6.59. The molecule has 0 aliphatic rings. The number of allylic oxidation sites excluding steroid dienone is 1. The fourth-order valence-electron chi connectivity index (χ4n) is 3.54. The number of carbonyl (C=O) groups is 2. The average molecular weight is 468 g/mol. The summed E-state index contributed by atoms with van der Waals surface area (Å²) in [5, 5.41) is 12.8. The second kappa shape index (κ2) is 9.92. The van der Waals surface area contributed by atoms with Crippen molar-refractivity contribution in [2.45, 2.75) is 6.92 Å². The number of aryl methyl sites for hydroxylation is 1. The molecule has 0 radical (unpaired) electrons. The first kappa shape index (κ1) is 23.2. The quantitative estimate of drug-likeness (QED) is 0.178. The summed E-state index contributed by atoms with van der Waals surface area (Å²) in [6.07, 6.45) is 2.79. The van der Waals surface area contributed by atoms with Crippen LogP contribution in [0.25, 0.3) is 22.7 Å². The lowest BCUT2D eigenvalue weighted by Gasteiger charge is -2.12. The minimum absolute atomic E-state index is 0.243. The van der Waals surface area contributed by atoms with E-state index in [0.717, 1.165) is 10.6 Å². The molecule has 0 amide bonds. The second-order valence-corrected chi connectivity index (χ2v) is 7.74. The van der Waals surface area contributed by atoms with Crippen LogP contribution in [0.5, 0.6) is 0 Å². The fourth-order valence-corrected chi connectivity index (χ4v) is 3.54. The first-order valence-electron chi connectivity index (χ1n) is 10.6. The standard InChI is InChI=1S/C26H20N4O5/c1-17-6-10-20(11-7-17)30-24(27-22-5-3-2-4-21(22)26(30)34)15-14-23(31)18-8-12-19(13-9-18)29(28-35)16-25(32)33/h2-15H,16H2,1H3,(H,32,33)/b15-14+. The minimum atomic E-state index is -1.21. The van der Waals surface area contributed by atoms with Crippen molar-refractivity contribution in [3.05, 3.63) is 111 Å². The molecule has 0 aliphatic carbocycles. The normalized spacial score (nSPS) is 11.0. The van der Waals surface area contributed by atoms with Crippen LogP contribution < -0.4 is 10.6 Å². The maximum Gasteiger partial charge on any atom is 0.325 e. The zero-order valence-corrected chi connectivity index (χ0v) is 18.7. The molecule has 3 aromatic carbocycles. The molecule has 0 unspecified atom stereocenters. The fraction of sp³-hybridized carbons (Fsp3) is 0.0769. The van der Waals surface area contributed by atoms with Crippen molar-refractivity contribution in [2.75, 3.05) is 11.6 Å². The SMILES string of the molecule is Cc1ccc(-n2c(/C=C/C(=O)c3ccc(N(CC(=O)O)N=O)cc3)nc3ccccc3c2=O)cc1. The molecular formula is C26H20N4O5. The third-order valence-corrected chi connectivity index (χ3v) is 5.31. The monoisotopic (exact) mass is 468 g/mol. The maximum absolute atomic E-state index is 13.3. The first-order valence-corrected chi connectivity index (χ1v) is 10.6. The van der Waals surface area contributed by atoms with Crippen LogP contribution in [0.15, 0.2) is 89.0 Å². The van der Waals surface area contributed by atoms with Crippen LogP contribution in [0, 0.1) is 11.8 Å². The summed E-state index contributed by atoms with van der Waals surface area (Å²) in [6, 6.07) is 20.2. The van der Waals surface area contributed by atoms with Crippen molar-refractivity contribution in [3.8, 4) is 5.69 Å². The van der Waals surface area contributed by atoms with Crippen molar-refractivity contribution >= 4 is 34.4 Å². The summed E-state index contributed by atoms with van der Waals surface area (Å²) in [7, 11) is 0. The Morgan fingerprint density at radius 1 is 1.03 bits per heavy atom. The van der Waals surface area contributed by atoms with Gasteiger partial charge >= 0.3 is 5.97 Å². The number of para-hydroxylation sites is 1. The number of hydrogen-bond acceptors (Lipinski definition) is 6. The van der Waals surface area contributed by atoms with E-state index >= 15 is 0 Å². The number of nitroso groups, excluding NO2 is 1. The van der Waals surface area contributed by atoms with Gasteiger partial charge in [-0.1, -0.05) is 29.8 Å². The number of hydrogen-bond donors (Lipinski definition) is 1. The zero-order valence-electron chi connectivity index (χ0n) is 18.7. The molecule has 1 N–H and O–H groups in total. The van der Waals surface area contributed by atoms with Crippen molar-refractivity contribution in [3.63, 3.8) is 0 Å². The number of carbonyl (C=O) groups excluding carboxylic acids is 1. The third-order valence-electron chi connectivity index (χ3n) is 5.31. The summed E-state index contributed by atoms with van der Waals surface area (Å²) in [5.74, 6) is -1.28. The van der Waals surface area contributed by atoms with Gasteiger partial charge in [0.25, 0.3) is 5.56 Å². The van der Waals surface area contributed by atoms with Crippen molar-refractivity contribution in [1.29, 1.82) is 0 Å². The summed E-state index contributed by atoms with van der Waals surface area (Å²) >= 11 is 0. The summed E-state index contributed by atoms with van der Waals surface area (Å²) in [5.41, 5.74) is 2.46. The summed E-state index contributed by atoms with van der Waals surface area (Å²) in [6.45, 7) is 1.35. The molecule has 0 aliphatic heterocycles. The van der Waals surface area contributed by atoms with Crippen molar-refractivity contribution in [2.24, 2.45) is 5.29 Å². The van der Waals surface area contributed by atoms with Crippen molar-refractivity contribution in [1.82, 2.24) is 9.55 Å². The number of carboxylic acids is 1. The molecule has 35 heavy (non-hydrogen) atoms. The molecule has 0 saturated heterocycles. The van der Waals surface area contributed by atoms with Gasteiger partial charge in [0.2, 0.25) is 0 Å². The van der Waals surface area contributed by atoms with Gasteiger partial charge in [-0.3, -0.25) is 19.0 Å². The van der Waals surface area contributed by atoms with Gasteiger partial charge in [-0.05, 0) is 67.6 Å². The van der Waals surface area contributed by atoms with Crippen LogP contribution in [-0.4, -0.2) is 33.0 Å². The molecule has 0 spiro atoms. The third kappa shape index (κ3) is 5.03. The molecule has 4 rings (SSSR count). The number of rotatable bonds is 8. The van der Waals surface area contributed by atoms with E-state index in [9.17, 15) is 19.3 Å². The van der Waals surface area contributed by atoms with E-state index in [1.165, 1.54) is 41.0 Å². The van der Waals surface area contributed by atoms with Crippen LogP contribution in [0.4, 0.5) is 5.69 Å². The van der Waals surface area contributed by atoms with E-state index < -0.39 is 12.5 Å². The van der Waals surface area contributed by atoms with Gasteiger partial charge in [-0.15, -0.1) is 4.91 Å². The minimum Gasteiger partial charge on any atom is -0.480 e. The molecule has 1 aromatic heterocycles. The average Bonchev–Trinajstić information content (AvgIpc) is 2.87. The topological polar surface area (TPSA) is 122 Å². The Balaban J connectivity index is 1.69. The van der Waals surface area contributed by atoms with Crippen LogP contribution in [0.3, 0.4) is 0 Å². The van der Waals surface area contributed by atoms with Gasteiger partial charge in [0.1, 0.15) is 12.4 Å². The van der Waals surface area contributed by atoms with Gasteiger partial charge in [0.05, 0.1) is 27.6 Å². The molecular weight excluding hydrogens is 448 g/mol. The first-order chi connectivity index (χ1) is 16.9. The number of benzene rings is 3. The Morgan fingerprint density at radius 2 is 1.71 bits per heavy atom. The lowest BCUT2D eigenvalue weighted by Crippen LogP contribution is -2.23. The highest BCUT2D eigenvalue weighted by molar-refractivity contribution is 6.06. The number of aromatic nitrogens is 2. The lowest BCUT2D eigenvalue weighted by molar-refractivity contribution is -0.135. The maximum atomic E-state index is 13.3. The highest BCUT2D eigenvalue weighted by Crippen LogP contribution is 2.18. The molecule has 0 atom stereocenters. The van der Waals surface area contributed by atoms with Gasteiger partial charge in [0, 0.05) is 5.56 Å². The number of aliphatic carboxylic acids is 1. The number of fused-ring (bicyclic) bond motifs is 1. The second-order valence-electron chi connectivity index (χ2n) is 7.74. The molecule has 4 aromatic rings. The molecule has 1 heterocycles. The van der Waals surface area contributed by atoms with Crippen LogP contribution in [-0.2, 0) is 4.79 Å². The van der Waals surface area contributed by atoms with E-state index in [0.29, 0.717) is 28.0 Å². The lowest BCUT2D eigenvalue weighted by atomic mass is 10.1. The predicted molar refractivity (Wildman–Crippen MR) is 133 cm³/mol. The largest absolute Gasteiger partial charge is 0.480 e. The van der Waals surface area contributed by atoms with Crippen molar-refractivity contribution < 1.29 is 14.7 Å². The van der Waals surface area contributed by atoms with E-state index in [1.807, 2.05) is 31.2 Å². The molecule has 174 valence electrons. The number of ketones is 1. The Morgan fingerprint density at radius 3 is 2.37 bits per heavy atom. The molecule has 9 nitrogen and oxygen atoms in total.